The van der Waals surface area contributed by atoms with Crippen molar-refractivity contribution < 1.29 is 155 Å². The first kappa shape index (κ1) is 102. The van der Waals surface area contributed by atoms with Gasteiger partial charge in [-0.25, -0.2) is 0 Å². The Labute approximate surface area is 661 Å². The van der Waals surface area contributed by atoms with Crippen LogP contribution in [0.1, 0.15) is 124 Å². The van der Waals surface area contributed by atoms with E-state index in [4.69, 9.17) is 85.3 Å². The van der Waals surface area contributed by atoms with Crippen molar-refractivity contribution in [2.45, 2.75) is 204 Å². The van der Waals surface area contributed by atoms with Crippen LogP contribution in [0.25, 0.3) is 0 Å². The van der Waals surface area contributed by atoms with Crippen molar-refractivity contribution in [1.82, 2.24) is 26.2 Å². The quantitative estimate of drug-likeness (QED) is 0.0293. The van der Waals surface area contributed by atoms with Crippen molar-refractivity contribution in [1.29, 1.82) is 0 Å². The molecule has 0 aromatic carbocycles. The van der Waals surface area contributed by atoms with Crippen molar-refractivity contribution in [3.8, 4) is 0 Å². The van der Waals surface area contributed by atoms with Crippen LogP contribution in [0, 0.1) is 17.8 Å². The maximum Gasteiger partial charge on any atom is 0.245 e. The van der Waals surface area contributed by atoms with Gasteiger partial charge in [-0.3, -0.25) is 24.0 Å². The highest BCUT2D eigenvalue weighted by Gasteiger charge is 2.45. The molecule has 37 heteroatoms. The van der Waals surface area contributed by atoms with Crippen LogP contribution in [0.3, 0.4) is 0 Å². The number of hydrogen-bond donors (Lipinski definition) is 13. The Kier molecular flexibility index (Phi) is 61.5. The topological polar surface area (TPSA) is 485 Å². The molecule has 112 heavy (non-hydrogen) atoms. The lowest BCUT2D eigenvalue weighted by molar-refractivity contribution is -0.282. The normalized spacial score (nSPS) is 24.2. The molecule has 5 amide bonds. The van der Waals surface area contributed by atoms with Crippen LogP contribution in [0.5, 0.6) is 0 Å². The second-order valence-electron chi connectivity index (χ2n) is 27.6. The van der Waals surface area contributed by atoms with Gasteiger partial charge in [-0.05, 0) is 77.6 Å². The molecule has 3 rings (SSSR count). The van der Waals surface area contributed by atoms with Gasteiger partial charge in [-0.1, -0.05) is 20.8 Å². The van der Waals surface area contributed by atoms with E-state index >= 15 is 0 Å². The molecule has 0 aliphatic carbocycles. The molecule has 0 bridgehead atoms. The van der Waals surface area contributed by atoms with Gasteiger partial charge in [0.15, 0.2) is 18.9 Å². The summed E-state index contributed by atoms with van der Waals surface area (Å²) in [5, 5.41) is 102. The molecular formula is C75H141N5O32. The smallest absolute Gasteiger partial charge is 0.245 e. The molecule has 0 aromatic rings. The summed E-state index contributed by atoms with van der Waals surface area (Å²) in [6.45, 7) is 17.2. The molecule has 0 saturated carbocycles. The predicted molar refractivity (Wildman–Crippen MR) is 401 cm³/mol. The lowest BCUT2D eigenvalue weighted by atomic mass is 9.92. The fourth-order valence-electron chi connectivity index (χ4n) is 11.8. The Bertz CT molecular complexity index is 2250. The maximum absolute atomic E-state index is 14.7. The highest BCUT2D eigenvalue weighted by molar-refractivity contribution is 5.87. The second kappa shape index (κ2) is 67.2. The number of nitrogens with one attached hydrogen (secondary N) is 4. The molecule has 3 saturated heterocycles. The number of aliphatic hydroxyl groups excluding tert-OH is 9. The largest absolute Gasteiger partial charge is 0.394 e. The zero-order valence-corrected chi connectivity index (χ0v) is 67.0. The van der Waals surface area contributed by atoms with Gasteiger partial charge < -0.3 is 157 Å². The van der Waals surface area contributed by atoms with E-state index in [9.17, 15) is 69.9 Å². The van der Waals surface area contributed by atoms with Gasteiger partial charge in [0.2, 0.25) is 29.5 Å². The first-order valence-corrected chi connectivity index (χ1v) is 40.4. The highest BCUT2D eigenvalue weighted by atomic mass is 16.7. The van der Waals surface area contributed by atoms with Crippen molar-refractivity contribution in [2.24, 2.45) is 17.8 Å². The monoisotopic (exact) mass is 1620 g/mol. The van der Waals surface area contributed by atoms with Gasteiger partial charge in [0, 0.05) is 103 Å². The van der Waals surface area contributed by atoms with Crippen LogP contribution in [-0.2, 0) is 109 Å². The number of carbonyl (C=O) groups excluding carboxylic acids is 5. The van der Waals surface area contributed by atoms with Crippen molar-refractivity contribution >= 4 is 29.5 Å². The van der Waals surface area contributed by atoms with Crippen LogP contribution in [-0.4, -0.2) is 391 Å². The summed E-state index contributed by atoms with van der Waals surface area (Å²) in [5.41, 5.74) is 0. The average molecular weight is 1620 g/mol. The number of unbranched alkanes of at least 4 members (excludes halogenated alkanes) is 4. The third-order valence-electron chi connectivity index (χ3n) is 18.6. The van der Waals surface area contributed by atoms with E-state index < -0.39 is 123 Å². The Morgan fingerprint density at radius 1 is 0.330 bits per heavy atom. The SMILES string of the molecule is CCOCCOCCOCCOCCOCCOCCOCCOCCOCCOCCOCCOCCC(=O)NC(CCCCNC(=O)CCCCOC1OC(CO)C(O)C(O)C1C)C(=O)N(CCCNC(=O)CCCCOC1OC(CO)C(O)C(O)C1C)CCCNC(=O)CCCCOC1OC(CO)C(O)C(O)C1C. The summed E-state index contributed by atoms with van der Waals surface area (Å²) in [7, 11) is 0. The molecule has 13 N–H and O–H groups in total. The van der Waals surface area contributed by atoms with Crippen LogP contribution in [0.2, 0.25) is 0 Å². The standard InChI is InChI=1S/C75H141N5O32/c1-5-95-30-31-97-34-35-99-38-39-101-42-43-103-46-47-105-50-51-106-49-48-104-45-44-102-41-40-100-37-36-98-33-32-96-29-20-65(87)79-58(16-6-10-21-76-62(84)17-7-11-26-107-73-55(2)66(88)69(91)59(52-81)110-73)72(94)80(24-14-22-77-63(85)18-8-12-27-108-74-56(3)67(89)70(92)60(53-82)111-74)25-15-23-78-64(86)19-9-13-28-109-75-57(4)68(90)71(93)61(54-83)112-75/h55-61,66-71,73-75,81-83,88-93H,5-54H2,1-4H3,(H,76,84)(H,77,85)(H,78,86)(H,79,87). The minimum Gasteiger partial charge on any atom is -0.394 e. The fraction of sp³-hybridized carbons (Fsp3) is 0.933. The summed E-state index contributed by atoms with van der Waals surface area (Å²) in [5.74, 6) is -3.14. The number of nitrogens with zero attached hydrogens (tertiary/aromatic N) is 1. The van der Waals surface area contributed by atoms with Gasteiger partial charge in [-0.15, -0.1) is 0 Å². The molecule has 0 radical (unpaired) electrons. The zero-order chi connectivity index (χ0) is 81.6. The van der Waals surface area contributed by atoms with Gasteiger partial charge in [0.05, 0.1) is 190 Å². The Morgan fingerprint density at radius 2 is 0.607 bits per heavy atom. The molecule has 658 valence electrons. The zero-order valence-electron chi connectivity index (χ0n) is 67.0. The fourth-order valence-corrected chi connectivity index (χ4v) is 11.8. The molecular weight excluding hydrogens is 1480 g/mol. The minimum atomic E-state index is -1.25. The highest BCUT2D eigenvalue weighted by Crippen LogP contribution is 2.30. The maximum atomic E-state index is 14.7. The number of aliphatic hydroxyl groups is 9. The lowest BCUT2D eigenvalue weighted by Gasteiger charge is -2.40. The van der Waals surface area contributed by atoms with E-state index in [2.05, 4.69) is 21.3 Å². The first-order valence-electron chi connectivity index (χ1n) is 40.4. The van der Waals surface area contributed by atoms with E-state index in [1.165, 1.54) is 0 Å². The molecule has 16 atom stereocenters. The Hall–Kier alpha value is -3.73. The molecule has 3 aliphatic rings. The Morgan fingerprint density at radius 3 is 0.893 bits per heavy atom. The third-order valence-corrected chi connectivity index (χ3v) is 18.6. The van der Waals surface area contributed by atoms with E-state index in [1.807, 2.05) is 6.92 Å². The van der Waals surface area contributed by atoms with Crippen LogP contribution in [0.15, 0.2) is 0 Å². The van der Waals surface area contributed by atoms with Crippen LogP contribution >= 0.6 is 0 Å². The van der Waals surface area contributed by atoms with Crippen molar-refractivity contribution in [2.75, 3.05) is 231 Å². The molecule has 16 unspecified atom stereocenters. The molecule has 3 heterocycles. The van der Waals surface area contributed by atoms with E-state index in [0.29, 0.717) is 209 Å². The van der Waals surface area contributed by atoms with E-state index in [0.717, 1.165) is 0 Å². The second-order valence-corrected chi connectivity index (χ2v) is 27.6. The number of amides is 5. The van der Waals surface area contributed by atoms with E-state index in [-0.39, 0.29) is 122 Å². The number of rotatable bonds is 73. The van der Waals surface area contributed by atoms with E-state index in [1.54, 1.807) is 25.7 Å². The van der Waals surface area contributed by atoms with Gasteiger partial charge >= 0.3 is 0 Å². The summed E-state index contributed by atoms with van der Waals surface area (Å²) < 4.78 is 100. The van der Waals surface area contributed by atoms with Gasteiger partial charge in [0.1, 0.15) is 42.7 Å². The molecule has 3 fully saturated rings. The number of hydrogen-bond acceptors (Lipinski definition) is 32. The first-order chi connectivity index (χ1) is 54.4. The summed E-state index contributed by atoms with van der Waals surface area (Å²) in [6, 6.07) is -0.995. The predicted octanol–water partition coefficient (Wildman–Crippen LogP) is -2.01. The number of ether oxygens (including phenoxy) is 18. The summed E-state index contributed by atoms with van der Waals surface area (Å²) in [6.07, 6.45) is -7.62. The van der Waals surface area contributed by atoms with Crippen molar-refractivity contribution in [3.05, 3.63) is 0 Å². The molecule has 37 nitrogen and oxygen atoms in total. The molecule has 0 aromatic heterocycles. The lowest BCUT2D eigenvalue weighted by Crippen LogP contribution is -2.55. The van der Waals surface area contributed by atoms with Gasteiger partial charge in [0.25, 0.3) is 0 Å². The van der Waals surface area contributed by atoms with Crippen LogP contribution < -0.4 is 21.3 Å². The van der Waals surface area contributed by atoms with Crippen LogP contribution in [0.4, 0.5) is 0 Å². The summed E-state index contributed by atoms with van der Waals surface area (Å²) >= 11 is 0. The average Bonchev–Trinajstić information content (AvgIpc) is 0.833. The summed E-state index contributed by atoms with van der Waals surface area (Å²) in [4.78, 5) is 68.8. The molecule has 0 spiro atoms. The number of carbonyl (C=O) groups is 5. The van der Waals surface area contributed by atoms with Gasteiger partial charge in [-0.2, -0.15) is 0 Å². The third kappa shape index (κ3) is 47.0. The minimum absolute atomic E-state index is 0.0331. The Balaban J connectivity index is 1.42. The van der Waals surface area contributed by atoms with Crippen molar-refractivity contribution in [3.63, 3.8) is 0 Å². The molecule has 3 aliphatic heterocycles.